The van der Waals surface area contributed by atoms with Crippen LogP contribution in [0, 0.1) is 0 Å². The molecule has 2 rings (SSSR count). The van der Waals surface area contributed by atoms with Gasteiger partial charge in [-0.15, -0.1) is 0 Å². The Morgan fingerprint density at radius 1 is 1.24 bits per heavy atom. The highest BCUT2D eigenvalue weighted by atomic mass is 32.2. The first-order valence-corrected chi connectivity index (χ1v) is 9.55. The van der Waals surface area contributed by atoms with E-state index in [1.54, 1.807) is 12.1 Å². The highest BCUT2D eigenvalue weighted by Gasteiger charge is 2.18. The number of carboxylic acids is 1. The van der Waals surface area contributed by atoms with Crippen LogP contribution in [0.4, 0.5) is 5.69 Å². The SMILES string of the molecule is CCCCCNS(=O)(=O)c1ccc(NCc2ccco2)c(C(=O)O)c1. The largest absolute Gasteiger partial charge is 0.478 e. The van der Waals surface area contributed by atoms with E-state index in [0.29, 0.717) is 24.5 Å². The lowest BCUT2D eigenvalue weighted by Crippen LogP contribution is -2.25. The van der Waals surface area contributed by atoms with Crippen molar-refractivity contribution in [3.63, 3.8) is 0 Å². The summed E-state index contributed by atoms with van der Waals surface area (Å²) in [7, 11) is -3.73. The maximum atomic E-state index is 12.3. The van der Waals surface area contributed by atoms with Crippen molar-refractivity contribution in [2.24, 2.45) is 0 Å². The number of rotatable bonds is 10. The Morgan fingerprint density at radius 3 is 2.68 bits per heavy atom. The molecule has 1 aromatic heterocycles. The van der Waals surface area contributed by atoms with Crippen molar-refractivity contribution >= 4 is 21.7 Å². The molecule has 7 nitrogen and oxygen atoms in total. The van der Waals surface area contributed by atoms with Crippen LogP contribution in [0.1, 0.15) is 42.3 Å². The fourth-order valence-electron chi connectivity index (χ4n) is 2.28. The Bertz CT molecular complexity index is 800. The minimum absolute atomic E-state index is 0.0649. The Balaban J connectivity index is 2.15. The summed E-state index contributed by atoms with van der Waals surface area (Å²) in [6.45, 7) is 2.66. The van der Waals surface area contributed by atoms with Gasteiger partial charge in [-0.2, -0.15) is 0 Å². The highest BCUT2D eigenvalue weighted by Crippen LogP contribution is 2.21. The molecule has 0 fully saturated rings. The molecule has 2 aromatic rings. The molecular weight excluding hydrogens is 344 g/mol. The molecule has 25 heavy (non-hydrogen) atoms. The first kappa shape index (κ1) is 19.0. The molecule has 0 aliphatic heterocycles. The number of hydrogen-bond acceptors (Lipinski definition) is 5. The van der Waals surface area contributed by atoms with Crippen LogP contribution >= 0.6 is 0 Å². The van der Waals surface area contributed by atoms with Crippen molar-refractivity contribution in [2.45, 2.75) is 37.6 Å². The summed E-state index contributed by atoms with van der Waals surface area (Å²) in [6, 6.07) is 7.49. The number of unbranched alkanes of at least 4 members (excludes halogenated alkanes) is 2. The Morgan fingerprint density at radius 2 is 2.04 bits per heavy atom. The van der Waals surface area contributed by atoms with Crippen LogP contribution in [0.15, 0.2) is 45.9 Å². The molecule has 8 heteroatoms. The van der Waals surface area contributed by atoms with Gasteiger partial charge in [0.25, 0.3) is 0 Å². The molecule has 0 bridgehead atoms. The van der Waals surface area contributed by atoms with Crippen molar-refractivity contribution in [3.05, 3.63) is 47.9 Å². The number of hydrogen-bond donors (Lipinski definition) is 3. The molecular formula is C17H22N2O5S. The predicted molar refractivity (Wildman–Crippen MR) is 94.1 cm³/mol. The maximum absolute atomic E-state index is 12.3. The maximum Gasteiger partial charge on any atom is 0.337 e. The smallest absolute Gasteiger partial charge is 0.337 e. The Kier molecular flexibility index (Phi) is 6.60. The number of carbonyl (C=O) groups is 1. The average molecular weight is 366 g/mol. The quantitative estimate of drug-likeness (QED) is 0.558. The second-order valence-corrected chi connectivity index (χ2v) is 7.32. The highest BCUT2D eigenvalue weighted by molar-refractivity contribution is 7.89. The number of anilines is 1. The topological polar surface area (TPSA) is 109 Å². The van der Waals surface area contributed by atoms with Crippen molar-refractivity contribution in [1.82, 2.24) is 4.72 Å². The lowest BCUT2D eigenvalue weighted by atomic mass is 10.2. The molecule has 0 amide bonds. The van der Waals surface area contributed by atoms with Gasteiger partial charge in [-0.05, 0) is 36.8 Å². The van der Waals surface area contributed by atoms with E-state index >= 15 is 0 Å². The normalized spacial score (nSPS) is 11.4. The number of carboxylic acid groups (broad SMARTS) is 1. The molecule has 0 aliphatic rings. The van der Waals surface area contributed by atoms with E-state index < -0.39 is 16.0 Å². The van der Waals surface area contributed by atoms with Crippen molar-refractivity contribution in [1.29, 1.82) is 0 Å². The first-order valence-electron chi connectivity index (χ1n) is 8.07. The minimum Gasteiger partial charge on any atom is -0.478 e. The third-order valence-corrected chi connectivity index (χ3v) is 5.10. The van der Waals surface area contributed by atoms with Gasteiger partial charge in [-0.1, -0.05) is 19.8 Å². The van der Waals surface area contributed by atoms with E-state index in [1.165, 1.54) is 18.4 Å². The molecule has 0 unspecified atom stereocenters. The second kappa shape index (κ2) is 8.68. The molecule has 136 valence electrons. The molecule has 1 aromatic carbocycles. The monoisotopic (exact) mass is 366 g/mol. The van der Waals surface area contributed by atoms with Gasteiger partial charge in [0.1, 0.15) is 5.76 Å². The lowest BCUT2D eigenvalue weighted by Gasteiger charge is -2.11. The van der Waals surface area contributed by atoms with E-state index in [2.05, 4.69) is 10.0 Å². The van der Waals surface area contributed by atoms with Gasteiger partial charge in [0.2, 0.25) is 10.0 Å². The van der Waals surface area contributed by atoms with Crippen LogP contribution in [-0.2, 0) is 16.6 Å². The number of furan rings is 1. The van der Waals surface area contributed by atoms with Gasteiger partial charge in [-0.25, -0.2) is 17.9 Å². The van der Waals surface area contributed by atoms with Crippen molar-refractivity contribution < 1.29 is 22.7 Å². The second-order valence-electron chi connectivity index (χ2n) is 5.55. The minimum atomic E-state index is -3.73. The van der Waals surface area contributed by atoms with Crippen LogP contribution in [0.3, 0.4) is 0 Å². The number of nitrogens with one attached hydrogen (secondary N) is 2. The third-order valence-electron chi connectivity index (χ3n) is 3.64. The lowest BCUT2D eigenvalue weighted by molar-refractivity contribution is 0.0697. The van der Waals surface area contributed by atoms with Gasteiger partial charge in [0, 0.05) is 12.2 Å². The molecule has 0 aliphatic carbocycles. The van der Waals surface area contributed by atoms with E-state index in [9.17, 15) is 18.3 Å². The van der Waals surface area contributed by atoms with Crippen molar-refractivity contribution in [2.75, 3.05) is 11.9 Å². The molecule has 3 N–H and O–H groups in total. The van der Waals surface area contributed by atoms with Gasteiger partial charge < -0.3 is 14.8 Å². The van der Waals surface area contributed by atoms with Gasteiger partial charge in [0.05, 0.1) is 23.3 Å². The van der Waals surface area contributed by atoms with Crippen LogP contribution in [0.5, 0.6) is 0 Å². The Labute approximate surface area is 147 Å². The third kappa shape index (κ3) is 5.33. The summed E-state index contributed by atoms with van der Waals surface area (Å²) in [5.74, 6) is -0.560. The van der Waals surface area contributed by atoms with Crippen LogP contribution in [0.25, 0.3) is 0 Å². The van der Waals surface area contributed by atoms with Crippen LogP contribution in [0.2, 0.25) is 0 Å². The molecule has 0 saturated heterocycles. The van der Waals surface area contributed by atoms with Gasteiger partial charge in [-0.3, -0.25) is 0 Å². The number of sulfonamides is 1. The fraction of sp³-hybridized carbons (Fsp3) is 0.353. The summed E-state index contributed by atoms with van der Waals surface area (Å²) in [5, 5.41) is 12.3. The van der Waals surface area contributed by atoms with E-state index in [0.717, 1.165) is 25.3 Å². The van der Waals surface area contributed by atoms with Gasteiger partial charge >= 0.3 is 5.97 Å². The van der Waals surface area contributed by atoms with Crippen LogP contribution < -0.4 is 10.0 Å². The zero-order valence-electron chi connectivity index (χ0n) is 14.0. The molecule has 0 atom stereocenters. The summed E-state index contributed by atoms with van der Waals surface area (Å²) in [5.41, 5.74) is 0.219. The average Bonchev–Trinajstić information content (AvgIpc) is 3.10. The first-order chi connectivity index (χ1) is 11.9. The summed E-state index contributed by atoms with van der Waals surface area (Å²) in [6.07, 6.45) is 4.18. The summed E-state index contributed by atoms with van der Waals surface area (Å²) >= 11 is 0. The summed E-state index contributed by atoms with van der Waals surface area (Å²) < 4.78 is 32.2. The number of aromatic carboxylic acids is 1. The standard InChI is InChI=1S/C17H22N2O5S/c1-2-3-4-9-19-25(22,23)14-7-8-16(15(11-14)17(20)21)18-12-13-6-5-10-24-13/h5-8,10-11,18-19H,2-4,9,12H2,1H3,(H,20,21). The van der Waals surface area contributed by atoms with E-state index in [4.69, 9.17) is 4.42 Å². The van der Waals surface area contributed by atoms with Gasteiger partial charge in [0.15, 0.2) is 0 Å². The predicted octanol–water partition coefficient (Wildman–Crippen LogP) is 3.06. The molecule has 1 heterocycles. The fourth-order valence-corrected chi connectivity index (χ4v) is 3.38. The van der Waals surface area contributed by atoms with Crippen LogP contribution in [-0.4, -0.2) is 26.0 Å². The zero-order chi connectivity index (χ0) is 18.3. The van der Waals surface area contributed by atoms with E-state index in [1.807, 2.05) is 6.92 Å². The molecule has 0 spiro atoms. The molecule has 0 radical (unpaired) electrons. The molecule has 0 saturated carbocycles. The number of benzene rings is 1. The zero-order valence-corrected chi connectivity index (χ0v) is 14.8. The van der Waals surface area contributed by atoms with Crippen molar-refractivity contribution in [3.8, 4) is 0 Å². The Hall–Kier alpha value is -2.32. The summed E-state index contributed by atoms with van der Waals surface area (Å²) in [4.78, 5) is 11.4. The van der Waals surface area contributed by atoms with E-state index in [-0.39, 0.29) is 10.5 Å².